The van der Waals surface area contributed by atoms with Crippen molar-refractivity contribution in [2.45, 2.75) is 24.3 Å². The molecule has 0 aromatic heterocycles. The minimum Gasteiger partial charge on any atom is -0.497 e. The van der Waals surface area contributed by atoms with Crippen LogP contribution in [0.2, 0.25) is 0 Å². The second-order valence-electron chi connectivity index (χ2n) is 7.01. The maximum absolute atomic E-state index is 12.8. The number of ether oxygens (including phenoxy) is 3. The fourth-order valence-electron chi connectivity index (χ4n) is 3.02. The molecule has 0 saturated heterocycles. The molecule has 0 bridgehead atoms. The van der Waals surface area contributed by atoms with E-state index in [0.29, 0.717) is 29.4 Å². The predicted octanol–water partition coefficient (Wildman–Crippen LogP) is 4.30. The van der Waals surface area contributed by atoms with Gasteiger partial charge in [-0.05, 0) is 55.0 Å². The van der Waals surface area contributed by atoms with Crippen molar-refractivity contribution < 1.29 is 27.4 Å². The molecule has 3 rings (SSSR count). The highest BCUT2D eigenvalue weighted by atomic mass is 32.2. The van der Waals surface area contributed by atoms with Crippen LogP contribution in [0.4, 0.5) is 11.4 Å². The van der Waals surface area contributed by atoms with Crippen LogP contribution < -0.4 is 24.2 Å². The van der Waals surface area contributed by atoms with E-state index in [1.807, 2.05) is 25.1 Å². The van der Waals surface area contributed by atoms with Crippen LogP contribution in [0, 0.1) is 0 Å². The highest BCUT2D eigenvalue weighted by Crippen LogP contribution is 2.31. The zero-order valence-corrected chi connectivity index (χ0v) is 19.4. The van der Waals surface area contributed by atoms with Gasteiger partial charge in [-0.3, -0.25) is 9.52 Å². The summed E-state index contributed by atoms with van der Waals surface area (Å²) in [4.78, 5) is 12.6. The van der Waals surface area contributed by atoms with Gasteiger partial charge in [0, 0.05) is 11.8 Å². The first-order valence-corrected chi connectivity index (χ1v) is 11.7. The maximum Gasteiger partial charge on any atom is 0.265 e. The molecule has 1 amide bonds. The van der Waals surface area contributed by atoms with Crippen LogP contribution in [0.5, 0.6) is 17.2 Å². The Hall–Kier alpha value is -3.72. The number of carbonyl (C=O) groups excluding carboxylic acids is 1. The molecule has 9 heteroatoms. The first-order valence-electron chi connectivity index (χ1n) is 10.2. The molecule has 0 unspecified atom stereocenters. The predicted molar refractivity (Wildman–Crippen MR) is 127 cm³/mol. The van der Waals surface area contributed by atoms with Gasteiger partial charge >= 0.3 is 0 Å². The van der Waals surface area contributed by atoms with Gasteiger partial charge in [0.1, 0.15) is 17.2 Å². The fraction of sp³-hybridized carbons (Fsp3) is 0.208. The average molecular weight is 471 g/mol. The minimum absolute atomic E-state index is 0.0259. The molecule has 3 aromatic carbocycles. The number of methoxy groups -OCH3 is 2. The zero-order chi connectivity index (χ0) is 23.8. The molecule has 2 N–H and O–H groups in total. The van der Waals surface area contributed by atoms with Crippen molar-refractivity contribution in [3.63, 3.8) is 0 Å². The number of amides is 1. The van der Waals surface area contributed by atoms with E-state index in [4.69, 9.17) is 14.2 Å². The summed E-state index contributed by atoms with van der Waals surface area (Å²) in [5.41, 5.74) is 0.700. The number of sulfonamides is 1. The lowest BCUT2D eigenvalue weighted by atomic mass is 10.2. The van der Waals surface area contributed by atoms with Crippen molar-refractivity contribution in [1.82, 2.24) is 0 Å². The molecule has 1 atom stereocenters. The Bertz CT molecular complexity index is 1180. The third-order valence-electron chi connectivity index (χ3n) is 4.77. The summed E-state index contributed by atoms with van der Waals surface area (Å²) in [5.74, 6) is 1.11. The summed E-state index contributed by atoms with van der Waals surface area (Å²) in [6.45, 7) is 1.85. The maximum atomic E-state index is 12.8. The molecule has 0 aliphatic carbocycles. The third-order valence-corrected chi connectivity index (χ3v) is 6.15. The molecule has 174 valence electrons. The standard InChI is InChI=1S/C24H26N2O6S/c1-4-22(32-18-8-6-5-7-9-18)24(27)25-17-10-13-20(14-11-17)33(28,29)26-21-16-19(30-2)12-15-23(21)31-3/h5-16,22,26H,4H2,1-3H3,(H,25,27)/t22-/m1/s1. The van der Waals surface area contributed by atoms with E-state index in [9.17, 15) is 13.2 Å². The van der Waals surface area contributed by atoms with Crippen molar-refractivity contribution in [2.24, 2.45) is 0 Å². The monoisotopic (exact) mass is 470 g/mol. The summed E-state index contributed by atoms with van der Waals surface area (Å²) in [7, 11) is -0.967. The van der Waals surface area contributed by atoms with Crippen molar-refractivity contribution in [2.75, 3.05) is 24.3 Å². The summed E-state index contributed by atoms with van der Waals surface area (Å²) in [5, 5.41) is 2.76. The van der Waals surface area contributed by atoms with E-state index >= 15 is 0 Å². The molecule has 0 heterocycles. The number of hydrogen-bond acceptors (Lipinski definition) is 6. The Labute approximate surface area is 193 Å². The Morgan fingerprint density at radius 2 is 1.61 bits per heavy atom. The number of nitrogens with one attached hydrogen (secondary N) is 2. The van der Waals surface area contributed by atoms with E-state index < -0.39 is 16.1 Å². The normalized spacial score (nSPS) is 11.8. The van der Waals surface area contributed by atoms with Gasteiger partial charge in [0.2, 0.25) is 0 Å². The average Bonchev–Trinajstić information content (AvgIpc) is 2.83. The van der Waals surface area contributed by atoms with E-state index in [-0.39, 0.29) is 16.5 Å². The molecule has 0 saturated carbocycles. The van der Waals surface area contributed by atoms with E-state index in [1.165, 1.54) is 44.6 Å². The lowest BCUT2D eigenvalue weighted by molar-refractivity contribution is -0.122. The van der Waals surface area contributed by atoms with Gasteiger partial charge in [0.25, 0.3) is 15.9 Å². The fourth-order valence-corrected chi connectivity index (χ4v) is 4.08. The SMILES string of the molecule is CC[C@@H](Oc1ccccc1)C(=O)Nc1ccc(S(=O)(=O)Nc2cc(OC)ccc2OC)cc1. The highest BCUT2D eigenvalue weighted by Gasteiger charge is 2.20. The minimum atomic E-state index is -3.90. The van der Waals surface area contributed by atoms with Gasteiger partial charge < -0.3 is 19.5 Å². The van der Waals surface area contributed by atoms with Gasteiger partial charge in [-0.2, -0.15) is 0 Å². The van der Waals surface area contributed by atoms with Crippen LogP contribution in [-0.2, 0) is 14.8 Å². The van der Waals surface area contributed by atoms with Crippen molar-refractivity contribution in [1.29, 1.82) is 0 Å². The second kappa shape index (κ2) is 10.7. The first kappa shape index (κ1) is 23.9. The summed E-state index contributed by atoms with van der Waals surface area (Å²) in [6.07, 6.45) is -0.211. The van der Waals surface area contributed by atoms with E-state index in [2.05, 4.69) is 10.0 Å². The molecule has 3 aromatic rings. The van der Waals surface area contributed by atoms with Crippen LogP contribution in [0.1, 0.15) is 13.3 Å². The third kappa shape index (κ3) is 6.17. The zero-order valence-electron chi connectivity index (χ0n) is 18.6. The summed E-state index contributed by atoms with van der Waals surface area (Å²) in [6, 6.07) is 19.7. The van der Waals surface area contributed by atoms with Crippen molar-refractivity contribution in [3.05, 3.63) is 72.8 Å². The van der Waals surface area contributed by atoms with Crippen LogP contribution in [-0.4, -0.2) is 34.6 Å². The lowest BCUT2D eigenvalue weighted by Gasteiger charge is -2.17. The largest absolute Gasteiger partial charge is 0.497 e. The van der Waals surface area contributed by atoms with Crippen molar-refractivity contribution in [3.8, 4) is 17.2 Å². The van der Waals surface area contributed by atoms with Gasteiger partial charge in [0.05, 0.1) is 24.8 Å². The summed E-state index contributed by atoms with van der Waals surface area (Å²) < 4.78 is 44.3. The molecule has 33 heavy (non-hydrogen) atoms. The Morgan fingerprint density at radius 1 is 0.909 bits per heavy atom. The first-order chi connectivity index (χ1) is 15.9. The quantitative estimate of drug-likeness (QED) is 0.458. The number of benzene rings is 3. The van der Waals surface area contributed by atoms with Gasteiger partial charge in [-0.25, -0.2) is 8.42 Å². The molecular formula is C24H26N2O6S. The molecule has 0 spiro atoms. The molecule has 8 nitrogen and oxygen atoms in total. The highest BCUT2D eigenvalue weighted by molar-refractivity contribution is 7.92. The van der Waals surface area contributed by atoms with E-state index in [1.54, 1.807) is 24.3 Å². The topological polar surface area (TPSA) is 103 Å². The summed E-state index contributed by atoms with van der Waals surface area (Å²) >= 11 is 0. The Morgan fingerprint density at radius 3 is 2.21 bits per heavy atom. The number of hydrogen-bond donors (Lipinski definition) is 2. The molecule has 0 fully saturated rings. The lowest BCUT2D eigenvalue weighted by Crippen LogP contribution is -2.32. The van der Waals surface area contributed by atoms with Crippen LogP contribution in [0.15, 0.2) is 77.7 Å². The van der Waals surface area contributed by atoms with Crippen LogP contribution in [0.25, 0.3) is 0 Å². The van der Waals surface area contributed by atoms with Crippen molar-refractivity contribution >= 4 is 27.3 Å². The number of para-hydroxylation sites is 1. The smallest absolute Gasteiger partial charge is 0.265 e. The number of rotatable bonds is 10. The number of anilines is 2. The Kier molecular flexibility index (Phi) is 7.78. The molecule has 0 aliphatic rings. The van der Waals surface area contributed by atoms with Gasteiger partial charge in [-0.1, -0.05) is 25.1 Å². The van der Waals surface area contributed by atoms with E-state index in [0.717, 1.165) is 0 Å². The van der Waals surface area contributed by atoms with Crippen LogP contribution in [0.3, 0.4) is 0 Å². The molecule has 0 aliphatic heterocycles. The second-order valence-corrected chi connectivity index (χ2v) is 8.70. The Balaban J connectivity index is 1.70. The van der Waals surface area contributed by atoms with Gasteiger partial charge in [-0.15, -0.1) is 0 Å². The van der Waals surface area contributed by atoms with Crippen LogP contribution >= 0.6 is 0 Å². The number of carbonyl (C=O) groups is 1. The molecular weight excluding hydrogens is 444 g/mol. The molecule has 0 radical (unpaired) electrons. The van der Waals surface area contributed by atoms with Gasteiger partial charge in [0.15, 0.2) is 6.10 Å².